The van der Waals surface area contributed by atoms with Crippen LogP contribution in [0.2, 0.25) is 0 Å². The van der Waals surface area contributed by atoms with E-state index in [4.69, 9.17) is 9.47 Å². The van der Waals surface area contributed by atoms with Crippen molar-refractivity contribution < 1.29 is 24.8 Å². The van der Waals surface area contributed by atoms with Crippen LogP contribution in [0.4, 0.5) is 0 Å². The van der Waals surface area contributed by atoms with Crippen molar-refractivity contribution >= 4 is 0 Å². The van der Waals surface area contributed by atoms with Crippen LogP contribution in [0.25, 0.3) is 0 Å². The maximum absolute atomic E-state index is 10.9. The second-order valence-electron chi connectivity index (χ2n) is 10.9. The number of hydrogen-bond acceptors (Lipinski definition) is 5. The molecule has 1 unspecified atom stereocenters. The smallest absolute Gasteiger partial charge is 0.189 e. The molecule has 0 aliphatic heterocycles. The molecule has 2 rings (SSSR count). The molecule has 5 nitrogen and oxygen atoms in total. The monoisotopic (exact) mass is 478 g/mol. The quantitative estimate of drug-likeness (QED) is 0.211. The van der Waals surface area contributed by atoms with E-state index >= 15 is 0 Å². The van der Waals surface area contributed by atoms with Crippen LogP contribution in [0.3, 0.4) is 0 Å². The van der Waals surface area contributed by atoms with E-state index in [0.29, 0.717) is 11.8 Å². The van der Waals surface area contributed by atoms with Crippen molar-refractivity contribution in [1.29, 1.82) is 0 Å². The van der Waals surface area contributed by atoms with E-state index in [-0.39, 0.29) is 30.8 Å². The molecule has 1 aromatic carbocycles. The SMILES string of the molecule is CCCCC[C@H](O)CC[C@H](C)[C@H](O)C[C@H]1CCc2cccc(OCC(O)O[C@H](C)C(C)C)c2C1. The summed E-state index contributed by atoms with van der Waals surface area (Å²) in [4.78, 5) is 0. The number of ether oxygens (including phenoxy) is 2. The molecule has 0 fully saturated rings. The van der Waals surface area contributed by atoms with Crippen LogP contribution >= 0.6 is 0 Å². The molecule has 6 atom stereocenters. The number of aliphatic hydroxyl groups excluding tert-OH is 3. The summed E-state index contributed by atoms with van der Waals surface area (Å²) in [6.07, 6.45) is 8.06. The minimum absolute atomic E-state index is 0.0337. The molecule has 0 saturated heterocycles. The summed E-state index contributed by atoms with van der Waals surface area (Å²) in [7, 11) is 0. The van der Waals surface area contributed by atoms with E-state index in [9.17, 15) is 15.3 Å². The fourth-order valence-electron chi connectivity index (χ4n) is 4.76. The number of aliphatic hydroxyl groups is 3. The van der Waals surface area contributed by atoms with Gasteiger partial charge in [0.2, 0.25) is 0 Å². The minimum atomic E-state index is -0.951. The first-order valence-electron chi connectivity index (χ1n) is 13.6. The van der Waals surface area contributed by atoms with Crippen molar-refractivity contribution in [3.8, 4) is 5.75 Å². The molecule has 0 heterocycles. The van der Waals surface area contributed by atoms with E-state index in [0.717, 1.165) is 57.1 Å². The number of rotatable bonds is 16. The summed E-state index contributed by atoms with van der Waals surface area (Å²) in [5.41, 5.74) is 2.51. The summed E-state index contributed by atoms with van der Waals surface area (Å²) < 4.78 is 11.6. The molecule has 0 saturated carbocycles. The van der Waals surface area contributed by atoms with E-state index in [1.807, 2.05) is 19.1 Å². The predicted octanol–water partition coefficient (Wildman–Crippen LogP) is 5.66. The second-order valence-corrected chi connectivity index (χ2v) is 10.9. The van der Waals surface area contributed by atoms with Gasteiger partial charge in [-0.15, -0.1) is 0 Å². The molecule has 34 heavy (non-hydrogen) atoms. The van der Waals surface area contributed by atoms with Crippen LogP contribution in [0.15, 0.2) is 18.2 Å². The zero-order valence-corrected chi connectivity index (χ0v) is 22.2. The molecule has 0 radical (unpaired) electrons. The van der Waals surface area contributed by atoms with Gasteiger partial charge in [0, 0.05) is 0 Å². The van der Waals surface area contributed by atoms with Crippen LogP contribution in [0.5, 0.6) is 5.75 Å². The maximum Gasteiger partial charge on any atom is 0.189 e. The van der Waals surface area contributed by atoms with Gasteiger partial charge in [0.1, 0.15) is 12.4 Å². The largest absolute Gasteiger partial charge is 0.488 e. The van der Waals surface area contributed by atoms with E-state index in [2.05, 4.69) is 33.8 Å². The Hall–Kier alpha value is -1.14. The number of benzene rings is 1. The number of fused-ring (bicyclic) bond motifs is 1. The lowest BCUT2D eigenvalue weighted by molar-refractivity contribution is -0.156. The van der Waals surface area contributed by atoms with Gasteiger partial charge >= 0.3 is 0 Å². The van der Waals surface area contributed by atoms with Crippen LogP contribution in [0, 0.1) is 17.8 Å². The van der Waals surface area contributed by atoms with Crippen LogP contribution in [-0.2, 0) is 17.6 Å². The lowest BCUT2D eigenvalue weighted by Gasteiger charge is -2.30. The molecular formula is C29H50O5. The molecule has 0 bridgehead atoms. The first-order valence-corrected chi connectivity index (χ1v) is 13.6. The van der Waals surface area contributed by atoms with Gasteiger partial charge < -0.3 is 24.8 Å². The van der Waals surface area contributed by atoms with Crippen LogP contribution < -0.4 is 4.74 Å². The van der Waals surface area contributed by atoms with Crippen LogP contribution in [-0.4, -0.2) is 46.5 Å². The highest BCUT2D eigenvalue weighted by atomic mass is 16.6. The van der Waals surface area contributed by atoms with Crippen molar-refractivity contribution in [3.05, 3.63) is 29.3 Å². The Bertz CT molecular complexity index is 691. The zero-order valence-electron chi connectivity index (χ0n) is 22.2. The van der Waals surface area contributed by atoms with Crippen molar-refractivity contribution in [2.24, 2.45) is 17.8 Å². The van der Waals surface area contributed by atoms with E-state index in [1.54, 1.807) is 0 Å². The van der Waals surface area contributed by atoms with Gasteiger partial charge in [0.25, 0.3) is 0 Å². The van der Waals surface area contributed by atoms with Crippen molar-refractivity contribution in [3.63, 3.8) is 0 Å². The standard InChI is InChI=1S/C29H50O5/c1-6-7-8-11-25(30)16-13-21(4)27(31)18-23-14-15-24-10-9-12-28(26(24)17-23)33-19-29(32)34-22(5)20(2)3/h9-10,12,20-23,25,27,29-32H,6-8,11,13-19H2,1-5H3/t21-,22+,23-,25-,27+,29?/m0/s1. The van der Waals surface area contributed by atoms with Gasteiger partial charge in [-0.2, -0.15) is 0 Å². The third-order valence-electron chi connectivity index (χ3n) is 7.56. The maximum atomic E-state index is 10.9. The van der Waals surface area contributed by atoms with Gasteiger partial charge in [-0.1, -0.05) is 59.1 Å². The molecule has 1 aliphatic carbocycles. The highest BCUT2D eigenvalue weighted by molar-refractivity contribution is 5.42. The van der Waals surface area contributed by atoms with Gasteiger partial charge in [0.05, 0.1) is 18.3 Å². The average molecular weight is 479 g/mol. The summed E-state index contributed by atoms with van der Waals surface area (Å²) in [6, 6.07) is 6.14. The molecule has 5 heteroatoms. The van der Waals surface area contributed by atoms with E-state index in [1.165, 1.54) is 24.0 Å². The van der Waals surface area contributed by atoms with Gasteiger partial charge in [-0.05, 0) is 86.8 Å². The number of aryl methyl sites for hydroxylation is 1. The minimum Gasteiger partial charge on any atom is -0.488 e. The highest BCUT2D eigenvalue weighted by Crippen LogP contribution is 2.35. The Labute approximate surface area is 207 Å². The van der Waals surface area contributed by atoms with Gasteiger partial charge in [-0.25, -0.2) is 0 Å². The number of unbranched alkanes of at least 4 members (excludes halogenated alkanes) is 2. The summed E-state index contributed by atoms with van der Waals surface area (Å²) in [5.74, 6) is 1.74. The highest BCUT2D eigenvalue weighted by Gasteiger charge is 2.26. The summed E-state index contributed by atoms with van der Waals surface area (Å²) in [5, 5.41) is 31.3. The van der Waals surface area contributed by atoms with E-state index < -0.39 is 6.29 Å². The normalized spacial score (nSPS) is 20.4. The third kappa shape index (κ3) is 9.85. The molecule has 0 amide bonds. The Morgan fingerprint density at radius 3 is 2.47 bits per heavy atom. The molecule has 1 aromatic rings. The third-order valence-corrected chi connectivity index (χ3v) is 7.56. The molecule has 196 valence electrons. The summed E-state index contributed by atoms with van der Waals surface area (Å²) >= 11 is 0. The van der Waals surface area contributed by atoms with Crippen molar-refractivity contribution in [2.45, 2.75) is 123 Å². The van der Waals surface area contributed by atoms with Crippen molar-refractivity contribution in [1.82, 2.24) is 0 Å². The van der Waals surface area contributed by atoms with Crippen LogP contribution in [0.1, 0.15) is 97.1 Å². The molecular weight excluding hydrogens is 428 g/mol. The fraction of sp³-hybridized carbons (Fsp3) is 0.793. The molecule has 0 aromatic heterocycles. The second kappa shape index (κ2) is 15.1. The fourth-order valence-corrected chi connectivity index (χ4v) is 4.76. The lowest BCUT2D eigenvalue weighted by Crippen LogP contribution is -2.29. The molecule has 0 spiro atoms. The Morgan fingerprint density at radius 2 is 1.76 bits per heavy atom. The first-order chi connectivity index (χ1) is 16.2. The molecule has 1 aliphatic rings. The Balaban J connectivity index is 1.84. The Kier molecular flexibility index (Phi) is 12.9. The van der Waals surface area contributed by atoms with Gasteiger partial charge in [0.15, 0.2) is 6.29 Å². The first kappa shape index (κ1) is 29.1. The predicted molar refractivity (Wildman–Crippen MR) is 138 cm³/mol. The summed E-state index contributed by atoms with van der Waals surface area (Å²) in [6.45, 7) is 10.5. The van der Waals surface area contributed by atoms with Crippen molar-refractivity contribution in [2.75, 3.05) is 6.61 Å². The number of hydrogen-bond donors (Lipinski definition) is 3. The lowest BCUT2D eigenvalue weighted by atomic mass is 9.79. The van der Waals surface area contributed by atoms with Gasteiger partial charge in [-0.3, -0.25) is 0 Å². The molecule has 3 N–H and O–H groups in total. The zero-order chi connectivity index (χ0) is 25.1. The average Bonchev–Trinajstić information content (AvgIpc) is 2.81. The topological polar surface area (TPSA) is 79.2 Å². The Morgan fingerprint density at radius 1 is 1.00 bits per heavy atom.